The first-order valence-electron chi connectivity index (χ1n) is 6.09. The van der Waals surface area contributed by atoms with Gasteiger partial charge < -0.3 is 15.4 Å². The van der Waals surface area contributed by atoms with Gasteiger partial charge in [-0.25, -0.2) is 9.78 Å². The lowest BCUT2D eigenvalue weighted by atomic mass is 10.1. The molecule has 0 unspecified atom stereocenters. The number of aromatic amines is 1. The number of aromatic carboxylic acids is 1. The largest absolute Gasteiger partial charge is 0.477 e. The molecule has 106 valence electrons. The van der Waals surface area contributed by atoms with Crippen LogP contribution in [0.5, 0.6) is 0 Å². The molecule has 0 fully saturated rings. The normalized spacial score (nSPS) is 10.5. The van der Waals surface area contributed by atoms with Crippen LogP contribution in [0.3, 0.4) is 0 Å². The van der Waals surface area contributed by atoms with E-state index in [-0.39, 0.29) is 11.6 Å². The molecule has 0 radical (unpaired) electrons. The Morgan fingerprint density at radius 3 is 2.75 bits per heavy atom. The fourth-order valence-electron chi connectivity index (χ4n) is 2.05. The van der Waals surface area contributed by atoms with Gasteiger partial charge in [0.2, 0.25) is 0 Å². The number of nitrogens with one attached hydrogen (secondary N) is 2. The summed E-state index contributed by atoms with van der Waals surface area (Å²) in [7, 11) is 0. The zero-order chi connectivity index (χ0) is 14.7. The number of hydrogen-bond acceptors (Lipinski definition) is 4. The van der Waals surface area contributed by atoms with Crippen LogP contribution in [0.2, 0.25) is 0 Å². The molecule has 0 saturated heterocycles. The van der Waals surface area contributed by atoms with E-state index in [4.69, 9.17) is 5.11 Å². The van der Waals surface area contributed by atoms with Gasteiger partial charge in [-0.1, -0.05) is 0 Å². The van der Waals surface area contributed by atoms with Crippen molar-refractivity contribution in [3.63, 3.8) is 0 Å². The number of H-pyrrole nitrogens is 1. The van der Waals surface area contributed by atoms with Gasteiger partial charge in [-0.2, -0.15) is 0 Å². The fraction of sp³-hybridized carbons (Fsp3) is 0.308. The summed E-state index contributed by atoms with van der Waals surface area (Å²) in [4.78, 5) is 30.0. The first kappa shape index (κ1) is 14.3. The van der Waals surface area contributed by atoms with E-state index in [2.05, 4.69) is 15.3 Å². The maximum atomic E-state index is 12.1. The smallest absolute Gasteiger partial charge is 0.352 e. The number of aryl methyl sites for hydroxylation is 1. The summed E-state index contributed by atoms with van der Waals surface area (Å²) in [6.45, 7) is 3.79. The maximum Gasteiger partial charge on any atom is 0.352 e. The summed E-state index contributed by atoms with van der Waals surface area (Å²) in [6, 6.07) is 0. The van der Waals surface area contributed by atoms with Gasteiger partial charge in [0.15, 0.2) is 0 Å². The molecule has 0 atom stereocenters. The zero-order valence-corrected chi connectivity index (χ0v) is 12.0. The highest BCUT2D eigenvalue weighted by atomic mass is 32.1. The molecule has 1 amide bonds. The van der Waals surface area contributed by atoms with E-state index in [0.717, 1.165) is 5.01 Å². The number of rotatable bonds is 5. The van der Waals surface area contributed by atoms with Crippen molar-refractivity contribution in [3.05, 3.63) is 39.1 Å². The van der Waals surface area contributed by atoms with Crippen LogP contribution < -0.4 is 5.32 Å². The minimum absolute atomic E-state index is 0.0626. The lowest BCUT2D eigenvalue weighted by molar-refractivity contribution is 0.0690. The molecule has 20 heavy (non-hydrogen) atoms. The predicted molar refractivity (Wildman–Crippen MR) is 75.4 cm³/mol. The Morgan fingerprint density at radius 2 is 2.20 bits per heavy atom. The predicted octanol–water partition coefficient (Wildman–Crippen LogP) is 1.76. The summed E-state index contributed by atoms with van der Waals surface area (Å²) in [6.07, 6.45) is 2.39. The van der Waals surface area contributed by atoms with Crippen molar-refractivity contribution < 1.29 is 14.7 Å². The lowest BCUT2D eigenvalue weighted by Gasteiger charge is -2.04. The van der Waals surface area contributed by atoms with Crippen LogP contribution >= 0.6 is 11.3 Å². The van der Waals surface area contributed by atoms with Crippen LogP contribution in [0.1, 0.15) is 37.1 Å². The molecule has 0 saturated carbocycles. The highest BCUT2D eigenvalue weighted by Crippen LogP contribution is 2.17. The average Bonchev–Trinajstić information content (AvgIpc) is 2.97. The summed E-state index contributed by atoms with van der Waals surface area (Å²) >= 11 is 1.54. The molecule has 2 aromatic heterocycles. The van der Waals surface area contributed by atoms with Gasteiger partial charge in [0.1, 0.15) is 5.69 Å². The van der Waals surface area contributed by atoms with E-state index in [1.807, 2.05) is 5.38 Å². The first-order valence-corrected chi connectivity index (χ1v) is 6.97. The van der Waals surface area contributed by atoms with Crippen molar-refractivity contribution in [3.8, 4) is 0 Å². The Morgan fingerprint density at radius 1 is 1.45 bits per heavy atom. The minimum atomic E-state index is -1.06. The van der Waals surface area contributed by atoms with Crippen molar-refractivity contribution in [1.82, 2.24) is 15.3 Å². The highest BCUT2D eigenvalue weighted by molar-refractivity contribution is 7.09. The van der Waals surface area contributed by atoms with Crippen molar-refractivity contribution >= 4 is 23.2 Å². The maximum absolute atomic E-state index is 12.1. The molecule has 3 N–H and O–H groups in total. The second kappa shape index (κ2) is 5.87. The monoisotopic (exact) mass is 293 g/mol. The number of aromatic nitrogens is 2. The Labute approximate surface area is 119 Å². The van der Waals surface area contributed by atoms with E-state index in [1.54, 1.807) is 20.0 Å². The van der Waals surface area contributed by atoms with Crippen molar-refractivity contribution in [1.29, 1.82) is 0 Å². The molecular formula is C13H15N3O3S. The zero-order valence-electron chi connectivity index (χ0n) is 11.2. The van der Waals surface area contributed by atoms with E-state index in [0.29, 0.717) is 29.8 Å². The molecule has 6 nitrogen and oxygen atoms in total. The third-order valence-electron chi connectivity index (χ3n) is 2.99. The van der Waals surface area contributed by atoms with Gasteiger partial charge in [-0.15, -0.1) is 11.3 Å². The third kappa shape index (κ3) is 2.88. The molecule has 0 aromatic carbocycles. The number of carboxylic acids is 1. The van der Waals surface area contributed by atoms with E-state index in [1.165, 1.54) is 11.3 Å². The summed E-state index contributed by atoms with van der Waals surface area (Å²) < 4.78 is 0. The molecule has 0 spiro atoms. The van der Waals surface area contributed by atoms with E-state index < -0.39 is 5.97 Å². The number of thiazole rings is 1. The lowest BCUT2D eigenvalue weighted by Crippen LogP contribution is -2.26. The van der Waals surface area contributed by atoms with Gasteiger partial charge in [0, 0.05) is 30.2 Å². The van der Waals surface area contributed by atoms with Gasteiger partial charge in [-0.05, 0) is 19.4 Å². The quantitative estimate of drug-likeness (QED) is 0.782. The van der Waals surface area contributed by atoms with Crippen LogP contribution in [0, 0.1) is 13.8 Å². The van der Waals surface area contributed by atoms with Gasteiger partial charge in [-0.3, -0.25) is 4.79 Å². The molecule has 0 bridgehead atoms. The summed E-state index contributed by atoms with van der Waals surface area (Å²) in [5, 5.41) is 14.6. The third-order valence-corrected chi connectivity index (χ3v) is 3.83. The SMILES string of the molecule is Cc1[nH]c(C(=O)O)c(C)c1C(=O)NCCc1nccs1. The number of nitrogens with zero attached hydrogens (tertiary/aromatic N) is 1. The number of amides is 1. The summed E-state index contributed by atoms with van der Waals surface area (Å²) in [5.74, 6) is -1.33. The van der Waals surface area contributed by atoms with Crippen molar-refractivity contribution in [2.24, 2.45) is 0 Å². The Kier molecular flexibility index (Phi) is 4.19. The standard InChI is InChI=1S/C13H15N3O3S/c1-7-10(8(2)16-11(7)13(18)19)12(17)15-4-3-9-14-5-6-20-9/h5-6,16H,3-4H2,1-2H3,(H,15,17)(H,18,19). The van der Waals surface area contributed by atoms with E-state index >= 15 is 0 Å². The highest BCUT2D eigenvalue weighted by Gasteiger charge is 2.21. The molecular weight excluding hydrogens is 278 g/mol. The molecule has 2 heterocycles. The number of carbonyl (C=O) groups is 2. The van der Waals surface area contributed by atoms with Gasteiger partial charge in [0.05, 0.1) is 10.6 Å². The van der Waals surface area contributed by atoms with Crippen LogP contribution in [-0.2, 0) is 6.42 Å². The van der Waals surface area contributed by atoms with Crippen LogP contribution in [0.25, 0.3) is 0 Å². The van der Waals surface area contributed by atoms with Gasteiger partial charge >= 0.3 is 5.97 Å². The second-order valence-corrected chi connectivity index (χ2v) is 5.34. The van der Waals surface area contributed by atoms with Crippen LogP contribution in [0.4, 0.5) is 0 Å². The molecule has 2 rings (SSSR count). The van der Waals surface area contributed by atoms with Crippen LogP contribution in [-0.4, -0.2) is 33.5 Å². The second-order valence-electron chi connectivity index (χ2n) is 4.36. The first-order chi connectivity index (χ1) is 9.50. The molecule has 0 aliphatic rings. The number of carboxylic acid groups (broad SMARTS) is 1. The number of hydrogen-bond donors (Lipinski definition) is 3. The van der Waals surface area contributed by atoms with E-state index in [9.17, 15) is 9.59 Å². The molecule has 7 heteroatoms. The van der Waals surface area contributed by atoms with Gasteiger partial charge in [0.25, 0.3) is 5.91 Å². The summed E-state index contributed by atoms with van der Waals surface area (Å²) in [5.41, 5.74) is 1.49. The topological polar surface area (TPSA) is 95.1 Å². The molecule has 2 aromatic rings. The minimum Gasteiger partial charge on any atom is -0.477 e. The fourth-order valence-corrected chi connectivity index (χ4v) is 2.67. The Balaban J connectivity index is 2.04. The Hall–Kier alpha value is -2.15. The van der Waals surface area contributed by atoms with Crippen LogP contribution in [0.15, 0.2) is 11.6 Å². The average molecular weight is 293 g/mol. The molecule has 0 aliphatic heterocycles. The number of carbonyl (C=O) groups excluding carboxylic acids is 1. The van der Waals surface area contributed by atoms with Crippen molar-refractivity contribution in [2.75, 3.05) is 6.54 Å². The Bertz CT molecular complexity index is 632. The van der Waals surface area contributed by atoms with Crippen molar-refractivity contribution in [2.45, 2.75) is 20.3 Å². The molecule has 0 aliphatic carbocycles.